The number of benzene rings is 1. The molecule has 0 fully saturated rings. The maximum Gasteiger partial charge on any atom is 0.147 e. The second kappa shape index (κ2) is 8.70. The highest BCUT2D eigenvalue weighted by atomic mass is 32.2. The highest BCUT2D eigenvalue weighted by Crippen LogP contribution is 2.23. The molecule has 0 saturated heterocycles. The molecular formula is C15H25NO2S2. The summed E-state index contributed by atoms with van der Waals surface area (Å²) in [5.41, 5.74) is 1.24. The van der Waals surface area contributed by atoms with Gasteiger partial charge >= 0.3 is 0 Å². The predicted molar refractivity (Wildman–Crippen MR) is 88.2 cm³/mol. The smallest absolute Gasteiger partial charge is 0.147 e. The fraction of sp³-hybridized carbons (Fsp3) is 0.600. The second-order valence-electron chi connectivity index (χ2n) is 4.88. The first kappa shape index (κ1) is 17.5. The van der Waals surface area contributed by atoms with Crippen LogP contribution in [0.15, 0.2) is 29.2 Å². The molecule has 1 atom stereocenters. The van der Waals surface area contributed by atoms with Crippen LogP contribution in [-0.4, -0.2) is 32.7 Å². The average molecular weight is 316 g/mol. The normalized spacial score (nSPS) is 13.3. The lowest BCUT2D eigenvalue weighted by Crippen LogP contribution is -2.21. The molecule has 1 aromatic rings. The van der Waals surface area contributed by atoms with Crippen LogP contribution in [0.5, 0.6) is 0 Å². The molecule has 1 N–H and O–H groups in total. The summed E-state index contributed by atoms with van der Waals surface area (Å²) in [5.74, 6) is 1.34. The Bertz CT molecular complexity index is 483. The first-order chi connectivity index (χ1) is 9.46. The van der Waals surface area contributed by atoms with Crippen molar-refractivity contribution in [3.63, 3.8) is 0 Å². The van der Waals surface area contributed by atoms with Crippen LogP contribution in [-0.2, 0) is 9.84 Å². The lowest BCUT2D eigenvalue weighted by Gasteiger charge is -2.18. The number of hydrogen-bond donors (Lipinski definition) is 1. The Labute approximate surface area is 127 Å². The fourth-order valence-corrected chi connectivity index (χ4v) is 3.50. The molecule has 0 amide bonds. The number of sulfone groups is 1. The molecule has 0 spiro atoms. The van der Waals surface area contributed by atoms with Gasteiger partial charge in [0.2, 0.25) is 0 Å². The van der Waals surface area contributed by atoms with Crippen LogP contribution in [0, 0.1) is 0 Å². The van der Waals surface area contributed by atoms with Gasteiger partial charge in [-0.25, -0.2) is 8.42 Å². The van der Waals surface area contributed by atoms with E-state index in [0.29, 0.717) is 6.42 Å². The van der Waals surface area contributed by atoms with Crippen molar-refractivity contribution in [2.75, 3.05) is 24.3 Å². The molecule has 114 valence electrons. The van der Waals surface area contributed by atoms with Gasteiger partial charge in [-0.2, -0.15) is 0 Å². The summed E-state index contributed by atoms with van der Waals surface area (Å²) in [5, 5.41) is 3.43. The highest BCUT2D eigenvalue weighted by molar-refractivity contribution is 7.99. The van der Waals surface area contributed by atoms with Gasteiger partial charge in [-0.05, 0) is 42.8 Å². The van der Waals surface area contributed by atoms with Crippen LogP contribution in [0.1, 0.15) is 38.3 Å². The number of thioether (sulfide) groups is 1. The topological polar surface area (TPSA) is 46.2 Å². The van der Waals surface area contributed by atoms with Crippen molar-refractivity contribution >= 4 is 21.6 Å². The van der Waals surface area contributed by atoms with Crippen LogP contribution >= 0.6 is 11.8 Å². The Morgan fingerprint density at radius 1 is 1.20 bits per heavy atom. The van der Waals surface area contributed by atoms with E-state index >= 15 is 0 Å². The molecule has 5 heteroatoms. The molecule has 0 aliphatic carbocycles. The van der Waals surface area contributed by atoms with E-state index in [9.17, 15) is 8.42 Å². The Hall–Kier alpha value is -0.520. The molecule has 0 radical (unpaired) electrons. The van der Waals surface area contributed by atoms with E-state index in [4.69, 9.17) is 0 Å². The molecule has 0 aliphatic rings. The largest absolute Gasteiger partial charge is 0.310 e. The maximum absolute atomic E-state index is 11.2. The Kier molecular flexibility index (Phi) is 7.62. The molecule has 3 nitrogen and oxygen atoms in total. The van der Waals surface area contributed by atoms with Crippen LogP contribution in [0.4, 0.5) is 0 Å². The van der Waals surface area contributed by atoms with Crippen molar-refractivity contribution in [2.45, 2.75) is 37.6 Å². The average Bonchev–Trinajstić information content (AvgIpc) is 2.38. The minimum atomic E-state index is -2.86. The zero-order chi connectivity index (χ0) is 15.0. The van der Waals surface area contributed by atoms with E-state index in [1.165, 1.54) is 16.7 Å². The van der Waals surface area contributed by atoms with E-state index in [1.54, 1.807) is 0 Å². The standard InChI is InChI=1S/C15H25NO2S2/c1-4-16-15(7-6-12-20(3,17)18)13-8-10-14(11-9-13)19-5-2/h8-11,15-16H,4-7,12H2,1-3H3. The van der Waals surface area contributed by atoms with Crippen molar-refractivity contribution in [1.82, 2.24) is 5.32 Å². The fourth-order valence-electron chi connectivity index (χ4n) is 2.15. The van der Waals surface area contributed by atoms with Crippen LogP contribution < -0.4 is 5.32 Å². The lowest BCUT2D eigenvalue weighted by atomic mass is 10.0. The van der Waals surface area contributed by atoms with E-state index in [0.717, 1.165) is 18.7 Å². The summed E-state index contributed by atoms with van der Waals surface area (Å²) in [7, 11) is -2.86. The maximum atomic E-state index is 11.2. The SMILES string of the molecule is CCNC(CCCS(C)(=O)=O)c1ccc(SCC)cc1. The van der Waals surface area contributed by atoms with E-state index in [-0.39, 0.29) is 11.8 Å². The first-order valence-corrected chi connectivity index (χ1v) is 10.1. The predicted octanol–water partition coefficient (Wildman–Crippen LogP) is 3.27. The monoisotopic (exact) mass is 315 g/mol. The lowest BCUT2D eigenvalue weighted by molar-refractivity contribution is 0.507. The molecule has 20 heavy (non-hydrogen) atoms. The highest BCUT2D eigenvalue weighted by Gasteiger charge is 2.11. The summed E-state index contributed by atoms with van der Waals surface area (Å²) >= 11 is 1.83. The van der Waals surface area contributed by atoms with Crippen LogP contribution in [0.25, 0.3) is 0 Å². The van der Waals surface area contributed by atoms with Gasteiger partial charge in [0.1, 0.15) is 9.84 Å². The third-order valence-corrected chi connectivity index (χ3v) is 4.98. The van der Waals surface area contributed by atoms with E-state index < -0.39 is 9.84 Å². The van der Waals surface area contributed by atoms with Crippen molar-refractivity contribution in [1.29, 1.82) is 0 Å². The summed E-state index contributed by atoms with van der Waals surface area (Å²) in [6, 6.07) is 8.81. The van der Waals surface area contributed by atoms with E-state index in [1.807, 2.05) is 11.8 Å². The van der Waals surface area contributed by atoms with Crippen molar-refractivity contribution in [2.24, 2.45) is 0 Å². The summed E-state index contributed by atoms with van der Waals surface area (Å²) in [6.07, 6.45) is 2.84. The van der Waals surface area contributed by atoms with Crippen LogP contribution in [0.3, 0.4) is 0 Å². The van der Waals surface area contributed by atoms with Crippen molar-refractivity contribution in [3.8, 4) is 0 Å². The van der Waals surface area contributed by atoms with Crippen molar-refractivity contribution in [3.05, 3.63) is 29.8 Å². The second-order valence-corrected chi connectivity index (χ2v) is 8.48. The molecule has 1 unspecified atom stereocenters. The molecular weight excluding hydrogens is 290 g/mol. The third kappa shape index (κ3) is 6.77. The molecule has 0 aliphatic heterocycles. The molecule has 0 aromatic heterocycles. The molecule has 0 bridgehead atoms. The molecule has 1 aromatic carbocycles. The van der Waals surface area contributed by atoms with Gasteiger partial charge in [0.05, 0.1) is 0 Å². The van der Waals surface area contributed by atoms with Gasteiger partial charge in [-0.1, -0.05) is 26.0 Å². The first-order valence-electron chi connectivity index (χ1n) is 7.10. The zero-order valence-electron chi connectivity index (χ0n) is 12.6. The quantitative estimate of drug-likeness (QED) is 0.710. The Morgan fingerprint density at radius 2 is 1.85 bits per heavy atom. The van der Waals surface area contributed by atoms with Gasteiger partial charge < -0.3 is 5.32 Å². The zero-order valence-corrected chi connectivity index (χ0v) is 14.2. The minimum absolute atomic E-state index is 0.238. The van der Waals surface area contributed by atoms with Crippen molar-refractivity contribution < 1.29 is 8.42 Å². The van der Waals surface area contributed by atoms with Gasteiger partial charge in [-0.15, -0.1) is 11.8 Å². The van der Waals surface area contributed by atoms with E-state index in [2.05, 4.69) is 43.4 Å². The third-order valence-electron chi connectivity index (χ3n) is 3.05. The summed E-state index contributed by atoms with van der Waals surface area (Å²) in [4.78, 5) is 1.28. The number of nitrogens with one attached hydrogen (secondary N) is 1. The van der Waals surface area contributed by atoms with Crippen LogP contribution in [0.2, 0.25) is 0 Å². The van der Waals surface area contributed by atoms with Gasteiger partial charge in [0.25, 0.3) is 0 Å². The Balaban J connectivity index is 2.64. The minimum Gasteiger partial charge on any atom is -0.310 e. The summed E-state index contributed by atoms with van der Waals surface area (Å²) < 4.78 is 22.4. The van der Waals surface area contributed by atoms with Gasteiger partial charge in [-0.3, -0.25) is 0 Å². The number of rotatable bonds is 9. The molecule has 0 saturated carbocycles. The van der Waals surface area contributed by atoms with Gasteiger partial charge in [0.15, 0.2) is 0 Å². The van der Waals surface area contributed by atoms with Gasteiger partial charge in [0, 0.05) is 22.9 Å². The summed E-state index contributed by atoms with van der Waals surface area (Å²) in [6.45, 7) is 5.10. The Morgan fingerprint density at radius 3 is 2.35 bits per heavy atom. The molecule has 1 rings (SSSR count). The molecule has 0 heterocycles. The number of hydrogen-bond acceptors (Lipinski definition) is 4.